The minimum atomic E-state index is 0.645. The Hall–Kier alpha value is -2.34. The minimum absolute atomic E-state index is 0.645. The summed E-state index contributed by atoms with van der Waals surface area (Å²) in [5, 5.41) is 12.4. The lowest BCUT2D eigenvalue weighted by Crippen LogP contribution is -2.10. The summed E-state index contributed by atoms with van der Waals surface area (Å²) >= 11 is 0. The molecule has 2 heterocycles. The smallest absolute Gasteiger partial charge is 0.101 e. The van der Waals surface area contributed by atoms with Gasteiger partial charge in [-0.15, -0.1) is 0 Å². The van der Waals surface area contributed by atoms with Crippen molar-refractivity contribution in [2.45, 2.75) is 6.54 Å². The lowest BCUT2D eigenvalue weighted by Gasteiger charge is -2.21. The number of anilines is 1. The molecule has 0 spiro atoms. The van der Waals surface area contributed by atoms with Crippen LogP contribution in [0.2, 0.25) is 0 Å². The van der Waals surface area contributed by atoms with Gasteiger partial charge in [0.2, 0.25) is 0 Å². The number of nitriles is 1. The molecule has 2 aromatic rings. The molecular weight excluding hydrogens is 198 g/mol. The van der Waals surface area contributed by atoms with Crippen molar-refractivity contribution >= 4 is 5.69 Å². The van der Waals surface area contributed by atoms with Gasteiger partial charge in [-0.1, -0.05) is 18.2 Å². The van der Waals surface area contributed by atoms with Gasteiger partial charge in [-0.3, -0.25) is 4.98 Å². The second-order valence-corrected chi connectivity index (χ2v) is 3.73. The lowest BCUT2D eigenvalue weighted by molar-refractivity contribution is 1.09. The van der Waals surface area contributed by atoms with E-state index < -0.39 is 0 Å². The van der Waals surface area contributed by atoms with Crippen molar-refractivity contribution in [3.05, 3.63) is 47.8 Å². The maximum absolute atomic E-state index is 9.11. The number of benzene rings is 1. The molecule has 1 aliphatic heterocycles. The van der Waals surface area contributed by atoms with Crippen LogP contribution in [0, 0.1) is 11.3 Å². The molecule has 1 N–H and O–H groups in total. The van der Waals surface area contributed by atoms with Crippen molar-refractivity contribution in [1.29, 1.82) is 5.26 Å². The number of nitrogens with one attached hydrogen (secondary N) is 1. The van der Waals surface area contributed by atoms with Gasteiger partial charge in [0, 0.05) is 35.8 Å². The molecule has 0 saturated carbocycles. The molecule has 3 heteroatoms. The van der Waals surface area contributed by atoms with Crippen LogP contribution in [0.25, 0.3) is 11.1 Å². The number of pyridine rings is 1. The highest BCUT2D eigenvalue weighted by atomic mass is 14.9. The Balaban J connectivity index is 2.35. The second-order valence-electron chi connectivity index (χ2n) is 3.73. The number of rotatable bonds is 0. The number of fused-ring (bicyclic) bond motifs is 3. The number of para-hydroxylation sites is 1. The highest BCUT2D eigenvalue weighted by Crippen LogP contribution is 2.36. The molecule has 1 aromatic carbocycles. The van der Waals surface area contributed by atoms with Crippen molar-refractivity contribution in [1.82, 2.24) is 4.98 Å². The Labute approximate surface area is 93.4 Å². The largest absolute Gasteiger partial charge is 0.380 e. The molecule has 3 rings (SSSR count). The fourth-order valence-electron chi connectivity index (χ4n) is 2.09. The zero-order valence-corrected chi connectivity index (χ0v) is 8.57. The molecule has 0 amide bonds. The minimum Gasteiger partial charge on any atom is -0.380 e. The molecular formula is C13H9N3. The van der Waals surface area contributed by atoms with Gasteiger partial charge in [-0.25, -0.2) is 0 Å². The van der Waals surface area contributed by atoms with Gasteiger partial charge in [-0.2, -0.15) is 5.26 Å². The quantitative estimate of drug-likeness (QED) is 0.722. The van der Waals surface area contributed by atoms with Crippen LogP contribution in [0.15, 0.2) is 36.7 Å². The Morgan fingerprint density at radius 2 is 2.12 bits per heavy atom. The molecule has 0 aliphatic carbocycles. The van der Waals surface area contributed by atoms with Gasteiger partial charge in [0.05, 0.1) is 5.56 Å². The molecule has 0 unspecified atom stereocenters. The second kappa shape index (κ2) is 3.35. The molecule has 16 heavy (non-hydrogen) atoms. The standard InChI is InChI=1S/C13H9N3/c14-5-9-6-15-7-10-8-16-12-4-2-1-3-11(12)13(9)10/h1-4,6-7,16H,8H2. The van der Waals surface area contributed by atoms with Crippen molar-refractivity contribution in [3.63, 3.8) is 0 Å². The molecule has 1 aliphatic rings. The van der Waals surface area contributed by atoms with E-state index in [0.717, 1.165) is 28.9 Å². The number of hydrogen-bond donors (Lipinski definition) is 1. The van der Waals surface area contributed by atoms with Gasteiger partial charge in [0.15, 0.2) is 0 Å². The summed E-state index contributed by atoms with van der Waals surface area (Å²) in [5.74, 6) is 0. The van der Waals surface area contributed by atoms with Crippen molar-refractivity contribution in [2.24, 2.45) is 0 Å². The summed E-state index contributed by atoms with van der Waals surface area (Å²) in [4.78, 5) is 4.08. The van der Waals surface area contributed by atoms with Crippen LogP contribution in [0.4, 0.5) is 5.69 Å². The first-order chi connectivity index (χ1) is 7.90. The first-order valence-electron chi connectivity index (χ1n) is 5.10. The van der Waals surface area contributed by atoms with Crippen LogP contribution in [0.3, 0.4) is 0 Å². The van der Waals surface area contributed by atoms with E-state index in [1.807, 2.05) is 30.5 Å². The normalized spacial score (nSPS) is 11.9. The van der Waals surface area contributed by atoms with Crippen LogP contribution in [0.1, 0.15) is 11.1 Å². The molecule has 0 bridgehead atoms. The fourth-order valence-corrected chi connectivity index (χ4v) is 2.09. The zero-order valence-electron chi connectivity index (χ0n) is 8.57. The third-order valence-electron chi connectivity index (χ3n) is 2.81. The summed E-state index contributed by atoms with van der Waals surface area (Å²) in [7, 11) is 0. The zero-order chi connectivity index (χ0) is 11.0. The average molecular weight is 207 g/mol. The van der Waals surface area contributed by atoms with Gasteiger partial charge in [0.25, 0.3) is 0 Å². The first kappa shape index (κ1) is 8.93. The topological polar surface area (TPSA) is 48.7 Å². The Bertz CT molecular complexity index is 596. The fraction of sp³-hybridized carbons (Fsp3) is 0.0769. The highest BCUT2D eigenvalue weighted by molar-refractivity contribution is 5.85. The predicted molar refractivity (Wildman–Crippen MR) is 61.7 cm³/mol. The van der Waals surface area contributed by atoms with E-state index in [4.69, 9.17) is 5.26 Å². The number of aromatic nitrogens is 1. The van der Waals surface area contributed by atoms with E-state index in [9.17, 15) is 0 Å². The van der Waals surface area contributed by atoms with Crippen molar-refractivity contribution < 1.29 is 0 Å². The molecule has 0 saturated heterocycles. The summed E-state index contributed by atoms with van der Waals surface area (Å²) < 4.78 is 0. The van der Waals surface area contributed by atoms with Crippen LogP contribution < -0.4 is 5.32 Å². The summed E-state index contributed by atoms with van der Waals surface area (Å²) in [5.41, 5.74) is 4.91. The number of nitrogens with zero attached hydrogens (tertiary/aromatic N) is 2. The van der Waals surface area contributed by atoms with Gasteiger partial charge in [-0.05, 0) is 11.6 Å². The molecule has 76 valence electrons. The Morgan fingerprint density at radius 3 is 3.00 bits per heavy atom. The van der Waals surface area contributed by atoms with E-state index in [2.05, 4.69) is 16.4 Å². The lowest BCUT2D eigenvalue weighted by atomic mass is 9.93. The monoisotopic (exact) mass is 207 g/mol. The van der Waals surface area contributed by atoms with Gasteiger partial charge < -0.3 is 5.32 Å². The van der Waals surface area contributed by atoms with E-state index in [0.29, 0.717) is 5.56 Å². The first-order valence-corrected chi connectivity index (χ1v) is 5.10. The highest BCUT2D eigenvalue weighted by Gasteiger charge is 2.18. The third-order valence-corrected chi connectivity index (χ3v) is 2.81. The summed E-state index contributed by atoms with van der Waals surface area (Å²) in [6.45, 7) is 0.731. The van der Waals surface area contributed by atoms with E-state index in [-0.39, 0.29) is 0 Å². The molecule has 0 radical (unpaired) electrons. The van der Waals surface area contributed by atoms with E-state index >= 15 is 0 Å². The van der Waals surface area contributed by atoms with Crippen LogP contribution in [0.5, 0.6) is 0 Å². The number of hydrogen-bond acceptors (Lipinski definition) is 3. The summed E-state index contributed by atoms with van der Waals surface area (Å²) in [6.07, 6.45) is 3.44. The van der Waals surface area contributed by atoms with Crippen molar-refractivity contribution in [3.8, 4) is 17.2 Å². The maximum Gasteiger partial charge on any atom is 0.101 e. The third kappa shape index (κ3) is 1.17. The molecule has 1 aromatic heterocycles. The van der Waals surface area contributed by atoms with Gasteiger partial charge in [0.1, 0.15) is 6.07 Å². The molecule has 0 atom stereocenters. The molecule has 0 fully saturated rings. The van der Waals surface area contributed by atoms with Crippen LogP contribution in [-0.4, -0.2) is 4.98 Å². The Kier molecular flexibility index (Phi) is 1.87. The summed E-state index contributed by atoms with van der Waals surface area (Å²) in [6, 6.07) is 10.2. The predicted octanol–water partition coefficient (Wildman–Crippen LogP) is 2.55. The van der Waals surface area contributed by atoms with E-state index in [1.165, 1.54) is 0 Å². The van der Waals surface area contributed by atoms with Gasteiger partial charge >= 0.3 is 0 Å². The van der Waals surface area contributed by atoms with E-state index in [1.54, 1.807) is 6.20 Å². The SMILES string of the molecule is N#Cc1cncc2c1-c1ccccc1NC2. The van der Waals surface area contributed by atoms with Crippen LogP contribution >= 0.6 is 0 Å². The molecule has 3 nitrogen and oxygen atoms in total. The maximum atomic E-state index is 9.11. The Morgan fingerprint density at radius 1 is 1.25 bits per heavy atom. The average Bonchev–Trinajstić information content (AvgIpc) is 2.37. The van der Waals surface area contributed by atoms with Crippen molar-refractivity contribution in [2.75, 3.05) is 5.32 Å². The van der Waals surface area contributed by atoms with Crippen LogP contribution in [-0.2, 0) is 6.54 Å².